The number of nitrogens with one attached hydrogen (secondary N) is 1. The van der Waals surface area contributed by atoms with Crippen LogP contribution >= 0.6 is 0 Å². The molecule has 1 heterocycles. The number of hydrogen-bond donors (Lipinski definition) is 1. The van der Waals surface area contributed by atoms with Crippen molar-refractivity contribution in [1.82, 2.24) is 4.90 Å². The number of hydrogen-bond acceptors (Lipinski definition) is 4. The minimum Gasteiger partial charge on any atom is -0.462 e. The molecule has 1 aliphatic rings. The Balaban J connectivity index is 1.99. The monoisotopic (exact) mass is 290 g/mol. The first-order chi connectivity index (χ1) is 10.1. The van der Waals surface area contributed by atoms with Gasteiger partial charge in [0.15, 0.2) is 0 Å². The van der Waals surface area contributed by atoms with Crippen molar-refractivity contribution in [2.24, 2.45) is 0 Å². The molecule has 2 rings (SSSR count). The van der Waals surface area contributed by atoms with Crippen molar-refractivity contribution < 1.29 is 9.53 Å². The molecular formula is C17H26N2O2. The van der Waals surface area contributed by atoms with Crippen molar-refractivity contribution in [3.05, 3.63) is 29.8 Å². The Morgan fingerprint density at radius 3 is 2.62 bits per heavy atom. The van der Waals surface area contributed by atoms with Crippen molar-refractivity contribution in [2.75, 3.05) is 25.0 Å². The molecule has 1 fully saturated rings. The maximum atomic E-state index is 12.0. The van der Waals surface area contributed by atoms with E-state index in [1.165, 1.54) is 0 Å². The van der Waals surface area contributed by atoms with Crippen molar-refractivity contribution in [2.45, 2.75) is 45.7 Å². The van der Waals surface area contributed by atoms with E-state index >= 15 is 0 Å². The Labute approximate surface area is 127 Å². The fourth-order valence-electron chi connectivity index (χ4n) is 2.78. The van der Waals surface area contributed by atoms with Gasteiger partial charge in [0.2, 0.25) is 0 Å². The lowest BCUT2D eigenvalue weighted by Crippen LogP contribution is -2.42. The minimum atomic E-state index is -0.250. The third-order valence-corrected chi connectivity index (χ3v) is 4.04. The van der Waals surface area contributed by atoms with Crippen LogP contribution in [0, 0.1) is 0 Å². The van der Waals surface area contributed by atoms with Gasteiger partial charge >= 0.3 is 5.97 Å². The number of ether oxygens (including phenoxy) is 1. The summed E-state index contributed by atoms with van der Waals surface area (Å²) in [5, 5.41) is 3.52. The van der Waals surface area contributed by atoms with E-state index in [2.05, 4.69) is 24.1 Å². The predicted octanol–water partition coefficient (Wildman–Crippen LogP) is 3.15. The van der Waals surface area contributed by atoms with Gasteiger partial charge in [-0.05, 0) is 45.7 Å². The standard InChI is InChI=1S/C17H26N2O2/c1-4-21-17(20)15-7-5-6-8-16(15)18-14-9-11-19(12-10-14)13(2)3/h5-8,13-14,18H,4,9-12H2,1-3H3. The van der Waals surface area contributed by atoms with Gasteiger partial charge in [0.05, 0.1) is 12.2 Å². The number of benzene rings is 1. The summed E-state index contributed by atoms with van der Waals surface area (Å²) in [5.41, 5.74) is 1.52. The normalized spacial score (nSPS) is 17.0. The molecule has 0 aliphatic carbocycles. The molecule has 4 nitrogen and oxygen atoms in total. The third kappa shape index (κ3) is 4.21. The molecule has 0 unspecified atom stereocenters. The zero-order valence-corrected chi connectivity index (χ0v) is 13.3. The highest BCUT2D eigenvalue weighted by molar-refractivity contribution is 5.95. The minimum absolute atomic E-state index is 0.250. The maximum absolute atomic E-state index is 12.0. The van der Waals surface area contributed by atoms with Crippen LogP contribution in [0.15, 0.2) is 24.3 Å². The maximum Gasteiger partial charge on any atom is 0.340 e. The quantitative estimate of drug-likeness (QED) is 0.846. The van der Waals surface area contributed by atoms with E-state index in [0.29, 0.717) is 24.3 Å². The molecule has 4 heteroatoms. The topological polar surface area (TPSA) is 41.6 Å². The molecule has 1 aromatic rings. The van der Waals surface area contributed by atoms with Crippen LogP contribution in [0.3, 0.4) is 0 Å². The molecule has 0 aromatic heterocycles. The van der Waals surface area contributed by atoms with Crippen LogP contribution in [0.4, 0.5) is 5.69 Å². The van der Waals surface area contributed by atoms with Gasteiger partial charge in [0.25, 0.3) is 0 Å². The molecule has 1 aromatic carbocycles. The average Bonchev–Trinajstić information content (AvgIpc) is 2.48. The predicted molar refractivity (Wildman–Crippen MR) is 85.8 cm³/mol. The molecule has 1 N–H and O–H groups in total. The van der Waals surface area contributed by atoms with E-state index < -0.39 is 0 Å². The van der Waals surface area contributed by atoms with Crippen LogP contribution in [0.1, 0.15) is 44.0 Å². The van der Waals surface area contributed by atoms with Crippen LogP contribution in [0.2, 0.25) is 0 Å². The van der Waals surface area contributed by atoms with Gasteiger partial charge in [-0.2, -0.15) is 0 Å². The number of carbonyl (C=O) groups is 1. The fraction of sp³-hybridized carbons (Fsp3) is 0.588. The first-order valence-corrected chi connectivity index (χ1v) is 7.88. The van der Waals surface area contributed by atoms with E-state index in [4.69, 9.17) is 4.74 Å². The van der Waals surface area contributed by atoms with Crippen LogP contribution in [0.5, 0.6) is 0 Å². The van der Waals surface area contributed by atoms with Gasteiger partial charge in [-0.3, -0.25) is 0 Å². The summed E-state index contributed by atoms with van der Waals surface area (Å²) in [7, 11) is 0. The summed E-state index contributed by atoms with van der Waals surface area (Å²) in [6, 6.07) is 8.64. The van der Waals surface area contributed by atoms with Crippen LogP contribution in [-0.2, 0) is 4.74 Å². The van der Waals surface area contributed by atoms with Crippen molar-refractivity contribution in [1.29, 1.82) is 0 Å². The summed E-state index contributed by atoms with van der Waals surface area (Å²) in [6.07, 6.45) is 2.21. The van der Waals surface area contributed by atoms with E-state index in [9.17, 15) is 4.79 Å². The Bertz CT molecular complexity index is 466. The summed E-state index contributed by atoms with van der Waals surface area (Å²) in [6.45, 7) is 8.93. The second-order valence-corrected chi connectivity index (χ2v) is 5.81. The number of likely N-dealkylation sites (tertiary alicyclic amines) is 1. The number of rotatable bonds is 5. The van der Waals surface area contributed by atoms with Crippen molar-refractivity contribution in [3.8, 4) is 0 Å². The van der Waals surface area contributed by atoms with Gasteiger partial charge in [0, 0.05) is 30.9 Å². The second kappa shape index (κ2) is 7.46. The smallest absolute Gasteiger partial charge is 0.340 e. The summed E-state index contributed by atoms with van der Waals surface area (Å²) in [5.74, 6) is -0.250. The highest BCUT2D eigenvalue weighted by Gasteiger charge is 2.22. The van der Waals surface area contributed by atoms with Gasteiger partial charge < -0.3 is 15.0 Å². The van der Waals surface area contributed by atoms with Crippen LogP contribution < -0.4 is 5.32 Å². The zero-order chi connectivity index (χ0) is 15.2. The Hall–Kier alpha value is -1.55. The van der Waals surface area contributed by atoms with Gasteiger partial charge in [-0.25, -0.2) is 4.79 Å². The molecule has 0 bridgehead atoms. The SMILES string of the molecule is CCOC(=O)c1ccccc1NC1CCN(C(C)C)CC1. The molecule has 116 valence electrons. The Kier molecular flexibility index (Phi) is 5.62. The molecule has 0 amide bonds. The van der Waals surface area contributed by atoms with Crippen molar-refractivity contribution >= 4 is 11.7 Å². The molecule has 0 atom stereocenters. The second-order valence-electron chi connectivity index (χ2n) is 5.81. The summed E-state index contributed by atoms with van der Waals surface area (Å²) in [4.78, 5) is 14.5. The fourth-order valence-corrected chi connectivity index (χ4v) is 2.78. The molecule has 1 saturated heterocycles. The lowest BCUT2D eigenvalue weighted by Gasteiger charge is -2.35. The van der Waals surface area contributed by atoms with E-state index in [0.717, 1.165) is 31.6 Å². The first kappa shape index (κ1) is 15.8. The number of para-hydroxylation sites is 1. The van der Waals surface area contributed by atoms with E-state index in [1.54, 1.807) is 0 Å². The molecule has 21 heavy (non-hydrogen) atoms. The third-order valence-electron chi connectivity index (χ3n) is 4.04. The largest absolute Gasteiger partial charge is 0.462 e. The zero-order valence-electron chi connectivity index (χ0n) is 13.3. The van der Waals surface area contributed by atoms with E-state index in [1.807, 2.05) is 31.2 Å². The van der Waals surface area contributed by atoms with E-state index in [-0.39, 0.29) is 5.97 Å². The number of piperidine rings is 1. The number of anilines is 1. The Morgan fingerprint density at radius 1 is 1.33 bits per heavy atom. The van der Waals surface area contributed by atoms with Gasteiger partial charge in [0.1, 0.15) is 0 Å². The number of carbonyl (C=O) groups excluding carboxylic acids is 1. The highest BCUT2D eigenvalue weighted by atomic mass is 16.5. The lowest BCUT2D eigenvalue weighted by molar-refractivity contribution is 0.0527. The van der Waals surface area contributed by atoms with Crippen molar-refractivity contribution in [3.63, 3.8) is 0 Å². The molecule has 0 saturated carbocycles. The molecule has 0 radical (unpaired) electrons. The van der Waals surface area contributed by atoms with Gasteiger partial charge in [-0.1, -0.05) is 12.1 Å². The average molecular weight is 290 g/mol. The Morgan fingerprint density at radius 2 is 2.00 bits per heavy atom. The molecular weight excluding hydrogens is 264 g/mol. The first-order valence-electron chi connectivity index (χ1n) is 7.88. The summed E-state index contributed by atoms with van der Waals surface area (Å²) >= 11 is 0. The van der Waals surface area contributed by atoms with Gasteiger partial charge in [-0.15, -0.1) is 0 Å². The number of esters is 1. The molecule has 0 spiro atoms. The van der Waals surface area contributed by atoms with Crippen LogP contribution in [-0.4, -0.2) is 42.6 Å². The lowest BCUT2D eigenvalue weighted by atomic mass is 10.0. The number of nitrogens with zero attached hydrogens (tertiary/aromatic N) is 1. The highest BCUT2D eigenvalue weighted by Crippen LogP contribution is 2.21. The van der Waals surface area contributed by atoms with Crippen LogP contribution in [0.25, 0.3) is 0 Å². The molecule has 1 aliphatic heterocycles. The summed E-state index contributed by atoms with van der Waals surface area (Å²) < 4.78 is 5.12.